The average Bonchev–Trinajstić information content (AvgIpc) is 3.59. The van der Waals surface area contributed by atoms with Gasteiger partial charge in [0.25, 0.3) is 5.92 Å². The van der Waals surface area contributed by atoms with Crippen molar-refractivity contribution in [2.45, 2.75) is 55.4 Å². The predicted octanol–water partition coefficient (Wildman–Crippen LogP) is 5.04. The van der Waals surface area contributed by atoms with Crippen LogP contribution in [0.4, 0.5) is 23.4 Å². The monoisotopic (exact) mass is 611 g/mol. The van der Waals surface area contributed by atoms with E-state index in [2.05, 4.69) is 25.8 Å². The van der Waals surface area contributed by atoms with Gasteiger partial charge >= 0.3 is 6.01 Å². The van der Waals surface area contributed by atoms with Gasteiger partial charge in [-0.25, -0.2) is 17.6 Å². The van der Waals surface area contributed by atoms with Crippen molar-refractivity contribution in [3.63, 3.8) is 0 Å². The van der Waals surface area contributed by atoms with E-state index in [1.165, 1.54) is 29.3 Å². The molecule has 3 aliphatic rings. The molecule has 45 heavy (non-hydrogen) atoms. The quantitative estimate of drug-likeness (QED) is 0.193. The maximum atomic E-state index is 16.7. The van der Waals surface area contributed by atoms with Gasteiger partial charge in [0.2, 0.25) is 0 Å². The lowest BCUT2D eigenvalue weighted by Gasteiger charge is -2.46. The Labute approximate surface area is 259 Å². The van der Waals surface area contributed by atoms with Gasteiger partial charge in [0.1, 0.15) is 44.3 Å². The number of phenolic OH excluding ortho intramolecular Hbond substituents is 1. The third-order valence-electron chi connectivity index (χ3n) is 9.42. The molecule has 13 heteroatoms. The van der Waals surface area contributed by atoms with Crippen LogP contribution in [0.5, 0.6) is 11.8 Å². The fourth-order valence-electron chi connectivity index (χ4n) is 7.39. The number of halogens is 4. The summed E-state index contributed by atoms with van der Waals surface area (Å²) in [6.07, 6.45) is 9.86. The fourth-order valence-corrected chi connectivity index (χ4v) is 7.39. The Morgan fingerprint density at radius 3 is 2.47 bits per heavy atom. The van der Waals surface area contributed by atoms with E-state index < -0.39 is 35.0 Å². The van der Waals surface area contributed by atoms with Crippen molar-refractivity contribution in [2.75, 3.05) is 31.1 Å². The number of phenols is 1. The molecule has 1 N–H and O–H groups in total. The molecule has 0 atom stereocenters. The van der Waals surface area contributed by atoms with Gasteiger partial charge < -0.3 is 14.7 Å². The second kappa shape index (κ2) is 10.5. The summed E-state index contributed by atoms with van der Waals surface area (Å²) in [7, 11) is 13.3. The minimum Gasteiger partial charge on any atom is -0.508 e. The molecule has 3 fully saturated rings. The molecule has 2 aromatic carbocycles. The summed E-state index contributed by atoms with van der Waals surface area (Å²) < 4.78 is 66.8. The maximum absolute atomic E-state index is 16.7. The first-order chi connectivity index (χ1) is 21.4. The standard InChI is InChI=1S/C32H27B2F4N5O2/c1-2-20-23(35)7-6-18-14-19(44)15-21(24(18)20)26-25(36)27-22(16-39-26)28(42-11-5-10-31(37,38)17-42)41-29(40-27)45-32(33,34)30-8-3-12-43(30)13-4-9-30/h1,6-7,14-16,44H,3-5,8-13,17H2. The van der Waals surface area contributed by atoms with Gasteiger partial charge in [0.15, 0.2) is 5.82 Å². The van der Waals surface area contributed by atoms with E-state index in [1.807, 2.05) is 0 Å². The normalized spacial score (nSPS) is 19.6. The number of hydrogen-bond acceptors (Lipinski definition) is 7. The van der Waals surface area contributed by atoms with Gasteiger partial charge in [-0.2, -0.15) is 9.97 Å². The largest absolute Gasteiger partial charge is 0.508 e. The summed E-state index contributed by atoms with van der Waals surface area (Å²) in [5.41, 5.74) is -1.41. The predicted molar refractivity (Wildman–Crippen MR) is 164 cm³/mol. The molecule has 4 radical (unpaired) electrons. The maximum Gasteiger partial charge on any atom is 0.318 e. The lowest BCUT2D eigenvalue weighted by molar-refractivity contribution is -0.0118. The van der Waals surface area contributed by atoms with Gasteiger partial charge in [0, 0.05) is 41.1 Å². The van der Waals surface area contributed by atoms with E-state index in [0.29, 0.717) is 18.2 Å². The molecular formula is C32H27B2F4N5O2. The zero-order valence-electron chi connectivity index (χ0n) is 24.3. The van der Waals surface area contributed by atoms with Crippen LogP contribution in [-0.4, -0.2) is 83.7 Å². The highest BCUT2D eigenvalue weighted by Crippen LogP contribution is 2.46. The second-order valence-electron chi connectivity index (χ2n) is 12.2. The SMILES string of the molecule is [B]C([B])(Oc1nc(N2CCCC(F)(F)C2)c2cnc(-c3cc(O)cc4ccc(F)c(C#C)c34)c(F)c2n1)C12CCCN1CCC2. The summed E-state index contributed by atoms with van der Waals surface area (Å²) in [5.74, 6) is -2.63. The van der Waals surface area contributed by atoms with Gasteiger partial charge in [0.05, 0.1) is 17.5 Å². The van der Waals surface area contributed by atoms with Crippen LogP contribution in [0.25, 0.3) is 32.9 Å². The molecule has 0 unspecified atom stereocenters. The number of alkyl halides is 2. The molecule has 2 aromatic heterocycles. The van der Waals surface area contributed by atoms with Crippen LogP contribution in [-0.2, 0) is 0 Å². The third-order valence-corrected chi connectivity index (χ3v) is 9.42. The number of anilines is 1. The first kappa shape index (κ1) is 29.7. The van der Waals surface area contributed by atoms with Crippen LogP contribution in [0.3, 0.4) is 0 Å². The minimum absolute atomic E-state index is 0.00792. The highest BCUT2D eigenvalue weighted by molar-refractivity contribution is 6.40. The van der Waals surface area contributed by atoms with Crippen molar-refractivity contribution in [1.82, 2.24) is 19.9 Å². The zero-order chi connectivity index (χ0) is 31.7. The number of ether oxygens (including phenoxy) is 1. The molecule has 4 aromatic rings. The Bertz CT molecular complexity index is 1890. The summed E-state index contributed by atoms with van der Waals surface area (Å²) in [4.78, 5) is 16.7. The number of nitrogens with zero attached hydrogens (tertiary/aromatic N) is 5. The lowest BCUT2D eigenvalue weighted by atomic mass is 9.53. The first-order valence-corrected chi connectivity index (χ1v) is 14.9. The number of aromatic nitrogens is 3. The number of pyridine rings is 1. The van der Waals surface area contributed by atoms with Gasteiger partial charge in [-0.3, -0.25) is 9.88 Å². The Balaban J connectivity index is 1.43. The van der Waals surface area contributed by atoms with E-state index in [4.69, 9.17) is 26.9 Å². The molecular weight excluding hydrogens is 584 g/mol. The summed E-state index contributed by atoms with van der Waals surface area (Å²) >= 11 is 0. The Morgan fingerprint density at radius 2 is 1.76 bits per heavy atom. The van der Waals surface area contributed by atoms with Crippen molar-refractivity contribution in [2.24, 2.45) is 0 Å². The van der Waals surface area contributed by atoms with Crippen molar-refractivity contribution in [3.8, 4) is 35.4 Å². The molecule has 3 aliphatic heterocycles. The van der Waals surface area contributed by atoms with Crippen LogP contribution in [0.1, 0.15) is 44.1 Å². The van der Waals surface area contributed by atoms with Crippen molar-refractivity contribution in [1.29, 1.82) is 0 Å². The number of piperidine rings is 1. The van der Waals surface area contributed by atoms with E-state index in [-0.39, 0.29) is 70.1 Å². The molecule has 3 saturated heterocycles. The highest BCUT2D eigenvalue weighted by Gasteiger charge is 2.55. The van der Waals surface area contributed by atoms with Crippen LogP contribution in [0.15, 0.2) is 30.5 Å². The molecule has 0 amide bonds. The average molecular weight is 611 g/mol. The number of rotatable bonds is 5. The highest BCUT2D eigenvalue weighted by atomic mass is 19.3. The molecule has 0 aliphatic carbocycles. The number of terminal acetylenes is 1. The van der Waals surface area contributed by atoms with Crippen molar-refractivity contribution in [3.05, 3.63) is 47.7 Å². The molecule has 226 valence electrons. The fraction of sp³-hybridized carbons (Fsp3) is 0.406. The van der Waals surface area contributed by atoms with Crippen LogP contribution in [0, 0.1) is 24.0 Å². The van der Waals surface area contributed by atoms with Crippen LogP contribution < -0.4 is 9.64 Å². The first-order valence-electron chi connectivity index (χ1n) is 14.9. The van der Waals surface area contributed by atoms with Crippen molar-refractivity contribution < 1.29 is 27.4 Å². The third kappa shape index (κ3) is 4.76. The van der Waals surface area contributed by atoms with Crippen molar-refractivity contribution >= 4 is 43.2 Å². The van der Waals surface area contributed by atoms with E-state index in [1.54, 1.807) is 0 Å². The number of aromatic hydroxyl groups is 1. The van der Waals surface area contributed by atoms with Gasteiger partial charge in [-0.1, -0.05) is 12.0 Å². The summed E-state index contributed by atoms with van der Waals surface area (Å²) in [5, 5.41) is 9.27. The summed E-state index contributed by atoms with van der Waals surface area (Å²) in [6.45, 7) is 1.17. The molecule has 0 bridgehead atoms. The van der Waals surface area contributed by atoms with E-state index in [0.717, 1.165) is 32.0 Å². The lowest BCUT2D eigenvalue weighted by Crippen LogP contribution is -2.63. The Morgan fingerprint density at radius 1 is 1.02 bits per heavy atom. The molecule has 7 nitrogen and oxygen atoms in total. The number of fused-ring (bicyclic) bond motifs is 3. The van der Waals surface area contributed by atoms with E-state index in [9.17, 15) is 18.3 Å². The second-order valence-corrected chi connectivity index (χ2v) is 12.2. The molecule has 0 spiro atoms. The number of benzene rings is 2. The zero-order valence-corrected chi connectivity index (χ0v) is 24.3. The molecule has 0 saturated carbocycles. The number of hydrogen-bond donors (Lipinski definition) is 1. The van der Waals surface area contributed by atoms with Gasteiger partial charge in [-0.15, -0.1) is 6.42 Å². The molecule has 5 heterocycles. The topological polar surface area (TPSA) is 74.6 Å². The van der Waals surface area contributed by atoms with Gasteiger partial charge in [-0.05, 0) is 68.8 Å². The van der Waals surface area contributed by atoms with Crippen LogP contribution >= 0.6 is 0 Å². The summed E-state index contributed by atoms with van der Waals surface area (Å²) in [6, 6.07) is 4.79. The molecule has 7 rings (SSSR count). The minimum atomic E-state index is -3.00. The Kier molecular flexibility index (Phi) is 6.93. The van der Waals surface area contributed by atoms with E-state index >= 15 is 4.39 Å². The van der Waals surface area contributed by atoms with Crippen LogP contribution in [0.2, 0.25) is 0 Å². The Hall–Kier alpha value is -4.04. The smallest absolute Gasteiger partial charge is 0.318 e.